The lowest BCUT2D eigenvalue weighted by atomic mass is 10.1. The van der Waals surface area contributed by atoms with Crippen LogP contribution in [0.5, 0.6) is 0 Å². The third-order valence-electron chi connectivity index (χ3n) is 4.76. The zero-order valence-corrected chi connectivity index (χ0v) is 15.7. The number of rotatable bonds is 4. The lowest BCUT2D eigenvalue weighted by Gasteiger charge is -2.20. The van der Waals surface area contributed by atoms with Crippen molar-refractivity contribution >= 4 is 28.7 Å². The topological polar surface area (TPSA) is 111 Å². The van der Waals surface area contributed by atoms with Crippen LogP contribution in [0.15, 0.2) is 47.3 Å². The lowest BCUT2D eigenvalue weighted by molar-refractivity contribution is -0.152. The highest BCUT2D eigenvalue weighted by molar-refractivity contribution is 6.22. The standard InChI is InChI=1S/C20H16N4O5/c1-11-7-8-13-15(9-11)19(27)24(18(13)26)12(2)20(28)29-10-23-17(25)14-5-3-4-6-16(14)21-22-23/h3-9,12H,10H2,1-2H3. The first-order valence-corrected chi connectivity index (χ1v) is 8.86. The third-order valence-corrected chi connectivity index (χ3v) is 4.76. The normalized spacial score (nSPS) is 14.2. The minimum Gasteiger partial charge on any atom is -0.441 e. The highest BCUT2D eigenvalue weighted by Crippen LogP contribution is 2.26. The maximum absolute atomic E-state index is 12.6. The van der Waals surface area contributed by atoms with Gasteiger partial charge in [-0.05, 0) is 38.1 Å². The fraction of sp³-hybridized carbons (Fsp3) is 0.200. The number of imide groups is 1. The lowest BCUT2D eigenvalue weighted by Crippen LogP contribution is -2.44. The summed E-state index contributed by atoms with van der Waals surface area (Å²) in [6.07, 6.45) is 0. The van der Waals surface area contributed by atoms with E-state index in [2.05, 4.69) is 10.3 Å². The van der Waals surface area contributed by atoms with Crippen LogP contribution in [-0.4, -0.2) is 43.7 Å². The van der Waals surface area contributed by atoms with Crippen LogP contribution in [0.3, 0.4) is 0 Å². The molecule has 2 aromatic carbocycles. The zero-order chi connectivity index (χ0) is 20.7. The van der Waals surface area contributed by atoms with Crippen LogP contribution >= 0.6 is 0 Å². The molecule has 0 spiro atoms. The van der Waals surface area contributed by atoms with Crippen LogP contribution in [0.4, 0.5) is 0 Å². The van der Waals surface area contributed by atoms with Crippen molar-refractivity contribution in [3.63, 3.8) is 0 Å². The van der Waals surface area contributed by atoms with E-state index in [9.17, 15) is 19.2 Å². The molecule has 9 heteroatoms. The molecule has 4 rings (SSSR count). The van der Waals surface area contributed by atoms with Crippen molar-refractivity contribution < 1.29 is 19.1 Å². The summed E-state index contributed by atoms with van der Waals surface area (Å²) in [6, 6.07) is 10.4. The van der Waals surface area contributed by atoms with Gasteiger partial charge >= 0.3 is 5.97 Å². The minimum atomic E-state index is -1.16. The van der Waals surface area contributed by atoms with Crippen molar-refractivity contribution in [3.8, 4) is 0 Å². The molecule has 0 fully saturated rings. The number of carbonyl (C=O) groups is 3. The summed E-state index contributed by atoms with van der Waals surface area (Å²) in [7, 11) is 0. The Bertz CT molecular complexity index is 1230. The highest BCUT2D eigenvalue weighted by Gasteiger charge is 2.41. The van der Waals surface area contributed by atoms with Gasteiger partial charge in [0.05, 0.1) is 16.5 Å². The largest absolute Gasteiger partial charge is 0.441 e. The first-order valence-electron chi connectivity index (χ1n) is 8.86. The Labute approximate surface area is 164 Å². The van der Waals surface area contributed by atoms with Crippen molar-refractivity contribution in [3.05, 3.63) is 69.5 Å². The van der Waals surface area contributed by atoms with E-state index < -0.39 is 36.1 Å². The Morgan fingerprint density at radius 1 is 1.07 bits per heavy atom. The summed E-state index contributed by atoms with van der Waals surface area (Å²) in [6.45, 7) is 2.72. The predicted octanol–water partition coefficient (Wildman–Crippen LogP) is 1.29. The molecule has 1 atom stereocenters. The molecule has 29 heavy (non-hydrogen) atoms. The van der Waals surface area contributed by atoms with Gasteiger partial charge in [-0.3, -0.25) is 19.3 Å². The van der Waals surface area contributed by atoms with Crippen LogP contribution in [0, 0.1) is 6.92 Å². The minimum absolute atomic E-state index is 0.247. The van der Waals surface area contributed by atoms with Crippen molar-refractivity contribution in [2.45, 2.75) is 26.6 Å². The van der Waals surface area contributed by atoms with Gasteiger partial charge in [-0.2, -0.15) is 4.68 Å². The molecule has 0 aliphatic carbocycles. The molecule has 1 aromatic heterocycles. The fourth-order valence-electron chi connectivity index (χ4n) is 3.18. The molecule has 0 bridgehead atoms. The van der Waals surface area contributed by atoms with Crippen LogP contribution in [0.2, 0.25) is 0 Å². The number of hydrogen-bond donors (Lipinski definition) is 0. The van der Waals surface area contributed by atoms with Gasteiger partial charge in [0.15, 0.2) is 6.73 Å². The maximum atomic E-state index is 12.6. The predicted molar refractivity (Wildman–Crippen MR) is 101 cm³/mol. The smallest absolute Gasteiger partial charge is 0.330 e. The van der Waals surface area contributed by atoms with Crippen molar-refractivity contribution in [1.82, 2.24) is 19.9 Å². The summed E-state index contributed by atoms with van der Waals surface area (Å²) < 4.78 is 6.03. The van der Waals surface area contributed by atoms with E-state index in [1.165, 1.54) is 6.92 Å². The van der Waals surface area contributed by atoms with Crippen LogP contribution in [-0.2, 0) is 16.3 Å². The number of esters is 1. The van der Waals surface area contributed by atoms with E-state index in [0.717, 1.165) is 15.1 Å². The van der Waals surface area contributed by atoms with Gasteiger partial charge in [0.25, 0.3) is 17.4 Å². The fourth-order valence-corrected chi connectivity index (χ4v) is 3.18. The molecular weight excluding hydrogens is 376 g/mol. The Balaban J connectivity index is 1.51. The Morgan fingerprint density at radius 2 is 1.79 bits per heavy atom. The monoisotopic (exact) mass is 392 g/mol. The Morgan fingerprint density at radius 3 is 2.59 bits per heavy atom. The highest BCUT2D eigenvalue weighted by atomic mass is 16.5. The number of aryl methyl sites for hydroxylation is 1. The van der Waals surface area contributed by atoms with Gasteiger partial charge in [0, 0.05) is 0 Å². The SMILES string of the molecule is Cc1ccc2c(c1)C(=O)N(C(C)C(=O)OCn1nnc3ccccc3c1=O)C2=O. The van der Waals surface area contributed by atoms with E-state index in [4.69, 9.17) is 4.74 Å². The Hall–Kier alpha value is -3.88. The number of benzene rings is 2. The second-order valence-corrected chi connectivity index (χ2v) is 6.71. The zero-order valence-electron chi connectivity index (χ0n) is 15.7. The van der Waals surface area contributed by atoms with Gasteiger partial charge in [0.1, 0.15) is 11.6 Å². The Kier molecular flexibility index (Phi) is 4.42. The number of carbonyl (C=O) groups excluding carboxylic acids is 3. The number of fused-ring (bicyclic) bond motifs is 2. The van der Waals surface area contributed by atoms with Gasteiger partial charge in [-0.1, -0.05) is 29.0 Å². The van der Waals surface area contributed by atoms with E-state index >= 15 is 0 Å². The molecule has 2 amide bonds. The molecule has 0 radical (unpaired) electrons. The summed E-state index contributed by atoms with van der Waals surface area (Å²) in [5.74, 6) is -1.95. The van der Waals surface area contributed by atoms with Gasteiger partial charge in [-0.25, -0.2) is 4.79 Å². The van der Waals surface area contributed by atoms with Gasteiger partial charge < -0.3 is 4.74 Å². The molecule has 1 aliphatic rings. The van der Waals surface area contributed by atoms with Crippen LogP contribution < -0.4 is 5.56 Å². The quantitative estimate of drug-likeness (QED) is 0.486. The maximum Gasteiger partial charge on any atom is 0.330 e. The molecule has 0 N–H and O–H groups in total. The molecule has 0 saturated carbocycles. The van der Waals surface area contributed by atoms with Crippen LogP contribution in [0.1, 0.15) is 33.2 Å². The third kappa shape index (κ3) is 3.06. The van der Waals surface area contributed by atoms with E-state index in [1.807, 2.05) is 0 Å². The van der Waals surface area contributed by atoms with Crippen molar-refractivity contribution in [1.29, 1.82) is 0 Å². The van der Waals surface area contributed by atoms with Crippen molar-refractivity contribution in [2.24, 2.45) is 0 Å². The first kappa shape index (κ1) is 18.5. The summed E-state index contributed by atoms with van der Waals surface area (Å²) in [4.78, 5) is 50.9. The van der Waals surface area contributed by atoms with E-state index in [0.29, 0.717) is 10.9 Å². The number of ether oxygens (including phenoxy) is 1. The number of amides is 2. The van der Waals surface area contributed by atoms with Crippen molar-refractivity contribution in [2.75, 3.05) is 0 Å². The second kappa shape index (κ2) is 6.93. The molecule has 146 valence electrons. The van der Waals surface area contributed by atoms with Crippen LogP contribution in [0.25, 0.3) is 10.9 Å². The number of aromatic nitrogens is 3. The first-order chi connectivity index (χ1) is 13.9. The summed E-state index contributed by atoms with van der Waals surface area (Å²) in [5, 5.41) is 7.98. The molecule has 1 unspecified atom stereocenters. The van der Waals surface area contributed by atoms with E-state index in [1.54, 1.807) is 49.4 Å². The average molecular weight is 392 g/mol. The molecule has 9 nitrogen and oxygen atoms in total. The summed E-state index contributed by atoms with van der Waals surface area (Å²) in [5.41, 5.74) is 1.29. The summed E-state index contributed by atoms with van der Waals surface area (Å²) >= 11 is 0. The number of hydrogen-bond acceptors (Lipinski definition) is 7. The second-order valence-electron chi connectivity index (χ2n) is 6.71. The molecule has 2 heterocycles. The van der Waals surface area contributed by atoms with E-state index in [-0.39, 0.29) is 11.1 Å². The average Bonchev–Trinajstić information content (AvgIpc) is 2.96. The molecule has 3 aromatic rings. The molecule has 0 saturated heterocycles. The van der Waals surface area contributed by atoms with Gasteiger partial charge in [0.2, 0.25) is 0 Å². The molecule has 1 aliphatic heterocycles. The number of nitrogens with zero attached hydrogens (tertiary/aromatic N) is 4. The molecular formula is C20H16N4O5. The van der Waals surface area contributed by atoms with Gasteiger partial charge in [-0.15, -0.1) is 5.10 Å².